The van der Waals surface area contributed by atoms with Gasteiger partial charge >= 0.3 is 24.1 Å². The van der Waals surface area contributed by atoms with Crippen molar-refractivity contribution >= 4 is 51.7 Å². The van der Waals surface area contributed by atoms with Crippen molar-refractivity contribution in [2.24, 2.45) is 11.8 Å². The van der Waals surface area contributed by atoms with Crippen LogP contribution in [-0.2, 0) is 19.1 Å². The summed E-state index contributed by atoms with van der Waals surface area (Å²) >= 11 is 0. The van der Waals surface area contributed by atoms with E-state index in [-0.39, 0.29) is 28.2 Å². The van der Waals surface area contributed by atoms with Gasteiger partial charge in [0.25, 0.3) is 0 Å². The Labute approximate surface area is 274 Å². The van der Waals surface area contributed by atoms with Gasteiger partial charge < -0.3 is 34.0 Å². The largest absolute Gasteiger partial charge is 0.449 e. The fourth-order valence-corrected chi connectivity index (χ4v) is 5.21. The highest BCUT2D eigenvalue weighted by Crippen LogP contribution is 2.44. The summed E-state index contributed by atoms with van der Waals surface area (Å²) in [5.41, 5.74) is -1.55. The van der Waals surface area contributed by atoms with Crippen LogP contribution in [0, 0.1) is 11.8 Å². The molecule has 3 rings (SSSR count). The molecule has 2 N–H and O–H groups in total. The molecular formula is C35H46N2O10. The van der Waals surface area contributed by atoms with E-state index in [4.69, 9.17) is 23.4 Å². The lowest BCUT2D eigenvalue weighted by atomic mass is 9.84. The first-order valence-electron chi connectivity index (χ1n) is 15.7. The molecule has 12 heteroatoms. The molecule has 0 aliphatic rings. The summed E-state index contributed by atoms with van der Waals surface area (Å²) in [6.07, 6.45) is 1.24. The third-order valence-corrected chi connectivity index (χ3v) is 7.43. The quantitative estimate of drug-likeness (QED) is 0.111. The van der Waals surface area contributed by atoms with Crippen molar-refractivity contribution in [2.75, 3.05) is 13.1 Å². The van der Waals surface area contributed by atoms with E-state index >= 15 is 0 Å². The van der Waals surface area contributed by atoms with Crippen molar-refractivity contribution in [3.05, 3.63) is 36.1 Å². The second-order valence-electron chi connectivity index (χ2n) is 13.4. The number of amides is 2. The minimum Gasteiger partial charge on any atom is -0.449 e. The summed E-state index contributed by atoms with van der Waals surface area (Å²) in [7, 11) is 0. The summed E-state index contributed by atoms with van der Waals surface area (Å²) in [5.74, 6) is -1.33. The molecule has 47 heavy (non-hydrogen) atoms. The number of rotatable bonds is 13. The smallest absolute Gasteiger partial charge is 0.408 e. The van der Waals surface area contributed by atoms with E-state index in [0.717, 1.165) is 12.8 Å². The number of nitrogens with one attached hydrogen (secondary N) is 2. The highest BCUT2D eigenvalue weighted by atomic mass is 16.6. The number of hydrogen-bond acceptors (Lipinski definition) is 10. The summed E-state index contributed by atoms with van der Waals surface area (Å²) in [5, 5.41) is 5.67. The van der Waals surface area contributed by atoms with Crippen LogP contribution in [0.4, 0.5) is 9.59 Å². The molecule has 0 spiro atoms. The van der Waals surface area contributed by atoms with Gasteiger partial charge in [0.05, 0.1) is 5.39 Å². The molecule has 2 atom stereocenters. The minimum absolute atomic E-state index is 0.0251. The molecule has 0 saturated carbocycles. The van der Waals surface area contributed by atoms with E-state index in [1.165, 1.54) is 13.0 Å². The first kappa shape index (κ1) is 36.9. The van der Waals surface area contributed by atoms with Crippen LogP contribution >= 0.6 is 0 Å². The van der Waals surface area contributed by atoms with E-state index in [2.05, 4.69) is 31.4 Å². The standard InChI is InChI=1S/C35H46N2O10/c1-10-13-20(2)21(3)17-35(8,9)47-33(42)37-18-27(39)44-29-23-14-11-12-15-24(23)30(31-25(29)16-26(43-31)22(4)38)45-28(40)19-36-32(41)46-34(5,6)7/h11-12,14-16,20-21H,10,13,17-19H2,1-9H3,(H,36,41)(H,37,42)/t20-,21+/m0/s1. The Morgan fingerprint density at radius 2 is 1.32 bits per heavy atom. The Bertz CT molecular complexity index is 1630. The van der Waals surface area contributed by atoms with Gasteiger partial charge in [-0.2, -0.15) is 0 Å². The first-order valence-corrected chi connectivity index (χ1v) is 15.7. The highest BCUT2D eigenvalue weighted by Gasteiger charge is 2.29. The second-order valence-corrected chi connectivity index (χ2v) is 13.4. The minimum atomic E-state index is -0.840. The predicted molar refractivity (Wildman–Crippen MR) is 176 cm³/mol. The molecule has 0 saturated heterocycles. The number of carbonyl (C=O) groups excluding carboxylic acids is 5. The fraction of sp³-hybridized carbons (Fsp3) is 0.514. The summed E-state index contributed by atoms with van der Waals surface area (Å²) < 4.78 is 27.9. The lowest BCUT2D eigenvalue weighted by molar-refractivity contribution is -0.134. The van der Waals surface area contributed by atoms with Crippen LogP contribution in [0.3, 0.4) is 0 Å². The monoisotopic (exact) mass is 654 g/mol. The van der Waals surface area contributed by atoms with Gasteiger partial charge in [0.2, 0.25) is 0 Å². The molecule has 0 fully saturated rings. The SMILES string of the molecule is CCC[C@H](C)[C@H](C)CC(C)(C)OC(=O)NCC(=O)Oc1c2ccccc2c(OC(=O)CNC(=O)OC(C)(C)C)c2oc(C(C)=O)cc12. The Morgan fingerprint density at radius 3 is 1.85 bits per heavy atom. The highest BCUT2D eigenvalue weighted by molar-refractivity contribution is 6.12. The van der Waals surface area contributed by atoms with Gasteiger partial charge in [-0.3, -0.25) is 4.79 Å². The number of benzene rings is 2. The maximum atomic E-state index is 13.0. The molecule has 256 valence electrons. The molecule has 1 heterocycles. The topological polar surface area (TPSA) is 159 Å². The molecule has 2 amide bonds. The zero-order valence-corrected chi connectivity index (χ0v) is 28.7. The zero-order chi connectivity index (χ0) is 35.1. The molecule has 0 unspecified atom stereocenters. The lowest BCUT2D eigenvalue weighted by Gasteiger charge is -2.30. The normalized spacial score (nSPS) is 13.0. The van der Waals surface area contributed by atoms with Crippen molar-refractivity contribution in [1.82, 2.24) is 10.6 Å². The van der Waals surface area contributed by atoms with E-state index in [1.54, 1.807) is 45.0 Å². The molecule has 0 radical (unpaired) electrons. The number of ether oxygens (including phenoxy) is 4. The van der Waals surface area contributed by atoms with Crippen LogP contribution in [-0.4, -0.2) is 54.2 Å². The fourth-order valence-electron chi connectivity index (χ4n) is 5.21. The zero-order valence-electron chi connectivity index (χ0n) is 28.7. The summed E-state index contributed by atoms with van der Waals surface area (Å²) in [6.45, 7) is 15.4. The number of furan rings is 1. The molecule has 12 nitrogen and oxygen atoms in total. The third-order valence-electron chi connectivity index (χ3n) is 7.43. The van der Waals surface area contributed by atoms with Crippen molar-refractivity contribution in [1.29, 1.82) is 0 Å². The number of alkyl carbamates (subject to hydrolysis) is 2. The van der Waals surface area contributed by atoms with Crippen LogP contribution < -0.4 is 20.1 Å². The Balaban J connectivity index is 1.81. The molecule has 0 bridgehead atoms. The van der Waals surface area contributed by atoms with Gasteiger partial charge in [-0.1, -0.05) is 57.9 Å². The van der Waals surface area contributed by atoms with Gasteiger partial charge in [0.15, 0.2) is 22.9 Å². The van der Waals surface area contributed by atoms with Crippen LogP contribution in [0.1, 0.15) is 92.1 Å². The molecule has 3 aromatic rings. The second kappa shape index (κ2) is 15.3. The molecular weight excluding hydrogens is 608 g/mol. The average molecular weight is 655 g/mol. The summed E-state index contributed by atoms with van der Waals surface area (Å²) in [4.78, 5) is 62.8. The van der Waals surface area contributed by atoms with Crippen LogP contribution in [0.2, 0.25) is 0 Å². The molecule has 1 aromatic heterocycles. The summed E-state index contributed by atoms with van der Waals surface area (Å²) in [6, 6.07) is 8.00. The van der Waals surface area contributed by atoms with Gasteiger partial charge in [0, 0.05) is 17.7 Å². The van der Waals surface area contributed by atoms with Crippen molar-refractivity contribution in [3.8, 4) is 11.5 Å². The number of hydrogen-bond donors (Lipinski definition) is 2. The van der Waals surface area contributed by atoms with Crippen molar-refractivity contribution in [3.63, 3.8) is 0 Å². The van der Waals surface area contributed by atoms with Crippen LogP contribution in [0.15, 0.2) is 34.7 Å². The maximum Gasteiger partial charge on any atom is 0.408 e. The number of fused-ring (bicyclic) bond motifs is 2. The number of ketones is 1. The van der Waals surface area contributed by atoms with E-state index in [9.17, 15) is 24.0 Å². The van der Waals surface area contributed by atoms with E-state index in [1.807, 2.05) is 13.8 Å². The predicted octanol–water partition coefficient (Wildman–Crippen LogP) is 7.09. The van der Waals surface area contributed by atoms with Gasteiger partial charge in [-0.05, 0) is 58.9 Å². The van der Waals surface area contributed by atoms with Gasteiger partial charge in [0.1, 0.15) is 30.0 Å². The van der Waals surface area contributed by atoms with Crippen molar-refractivity contribution < 1.29 is 47.3 Å². The Morgan fingerprint density at radius 1 is 0.787 bits per heavy atom. The number of esters is 2. The Hall–Kier alpha value is -4.61. The number of Topliss-reactive ketones (excluding diaryl/α,β-unsaturated/α-hetero) is 1. The first-order chi connectivity index (χ1) is 21.9. The van der Waals surface area contributed by atoms with Crippen LogP contribution in [0.5, 0.6) is 11.5 Å². The van der Waals surface area contributed by atoms with Gasteiger partial charge in [-0.25, -0.2) is 19.2 Å². The van der Waals surface area contributed by atoms with Crippen molar-refractivity contribution in [2.45, 2.75) is 92.8 Å². The molecule has 2 aromatic carbocycles. The van der Waals surface area contributed by atoms with E-state index < -0.39 is 54.2 Å². The third kappa shape index (κ3) is 10.5. The average Bonchev–Trinajstić information content (AvgIpc) is 3.41. The van der Waals surface area contributed by atoms with Gasteiger partial charge in [-0.15, -0.1) is 0 Å². The molecule has 0 aliphatic heterocycles. The Kier molecular flexibility index (Phi) is 12.0. The molecule has 0 aliphatic carbocycles. The lowest BCUT2D eigenvalue weighted by Crippen LogP contribution is -2.39. The maximum absolute atomic E-state index is 13.0. The van der Waals surface area contributed by atoms with Crippen LogP contribution in [0.25, 0.3) is 21.7 Å². The number of carbonyl (C=O) groups is 5. The van der Waals surface area contributed by atoms with E-state index in [0.29, 0.717) is 29.0 Å².